The molecule has 5 nitrogen and oxygen atoms in total. The quantitative estimate of drug-likeness (QED) is 0.913. The van der Waals surface area contributed by atoms with E-state index in [1.54, 1.807) is 0 Å². The lowest BCUT2D eigenvalue weighted by Gasteiger charge is -2.31. The van der Waals surface area contributed by atoms with Crippen LogP contribution >= 0.6 is 0 Å². The molecule has 0 saturated carbocycles. The number of amides is 1. The van der Waals surface area contributed by atoms with Gasteiger partial charge >= 0.3 is 0 Å². The summed E-state index contributed by atoms with van der Waals surface area (Å²) in [7, 11) is -3.06. The molecule has 0 radical (unpaired) electrons. The number of hydrogen-bond acceptors (Lipinski definition) is 4. The van der Waals surface area contributed by atoms with Crippen molar-refractivity contribution in [1.29, 1.82) is 0 Å². The predicted octanol–water partition coefficient (Wildman–Crippen LogP) is 1.38. The molecule has 6 heteroatoms. The summed E-state index contributed by atoms with van der Waals surface area (Å²) in [5, 5.41) is 2.55. The number of likely N-dealkylation sites (tertiary alicyclic amines) is 1. The van der Waals surface area contributed by atoms with E-state index in [2.05, 4.69) is 10.2 Å². The highest BCUT2D eigenvalue weighted by atomic mass is 32.2. The number of carbonyl (C=O) groups excluding carboxylic acids is 1. The Labute approximate surface area is 131 Å². The van der Waals surface area contributed by atoms with Crippen LogP contribution in [0.15, 0.2) is 30.3 Å². The van der Waals surface area contributed by atoms with Gasteiger partial charge < -0.3 is 10.2 Å². The van der Waals surface area contributed by atoms with Crippen molar-refractivity contribution in [2.45, 2.75) is 18.6 Å². The minimum Gasteiger partial charge on any atom is -0.326 e. The Hall–Kier alpha value is -1.40. The molecule has 3 rings (SSSR count). The number of benzene rings is 1. The van der Waals surface area contributed by atoms with Gasteiger partial charge in [0.25, 0.3) is 0 Å². The molecule has 3 atom stereocenters. The van der Waals surface area contributed by atoms with Crippen molar-refractivity contribution in [3.8, 4) is 0 Å². The fourth-order valence-corrected chi connectivity index (χ4v) is 5.77. The molecule has 0 aromatic heterocycles. The van der Waals surface area contributed by atoms with Crippen molar-refractivity contribution in [2.24, 2.45) is 11.8 Å². The van der Waals surface area contributed by atoms with Crippen LogP contribution in [0.3, 0.4) is 0 Å². The van der Waals surface area contributed by atoms with Crippen molar-refractivity contribution in [3.05, 3.63) is 30.3 Å². The van der Waals surface area contributed by atoms with E-state index in [9.17, 15) is 13.2 Å². The van der Waals surface area contributed by atoms with Crippen LogP contribution in [0.1, 0.15) is 13.3 Å². The highest BCUT2D eigenvalue weighted by molar-refractivity contribution is 7.92. The van der Waals surface area contributed by atoms with Crippen LogP contribution in [0, 0.1) is 11.8 Å². The Morgan fingerprint density at radius 2 is 2.00 bits per heavy atom. The van der Waals surface area contributed by atoms with Crippen molar-refractivity contribution in [2.75, 3.05) is 30.7 Å². The third kappa shape index (κ3) is 2.90. The number of para-hydroxylation sites is 1. The molecule has 0 spiro atoms. The SMILES string of the molecule is CCN1C[C@H]2[C@@H](C1)S(=O)(=O)CC[C@H]2C(=O)Nc1ccccc1. The second kappa shape index (κ2) is 6.01. The van der Waals surface area contributed by atoms with Crippen LogP contribution in [-0.4, -0.2) is 49.9 Å². The summed E-state index contributed by atoms with van der Waals surface area (Å²) >= 11 is 0. The molecule has 120 valence electrons. The zero-order valence-corrected chi connectivity index (χ0v) is 13.6. The summed E-state index contributed by atoms with van der Waals surface area (Å²) in [6.45, 7) is 4.13. The Morgan fingerprint density at radius 3 is 2.68 bits per heavy atom. The van der Waals surface area contributed by atoms with Crippen molar-refractivity contribution in [3.63, 3.8) is 0 Å². The average Bonchev–Trinajstić information content (AvgIpc) is 2.94. The zero-order chi connectivity index (χ0) is 15.7. The Balaban J connectivity index is 1.78. The standard InChI is InChI=1S/C16H22N2O3S/c1-2-18-10-14-13(8-9-22(20,21)15(14)11-18)16(19)17-12-6-4-3-5-7-12/h3-7,13-15H,2,8-11H2,1H3,(H,17,19)/t13-,14-,15-/m1/s1. The first kappa shape index (κ1) is 15.5. The summed E-state index contributed by atoms with van der Waals surface area (Å²) in [5.74, 6) is -0.222. The average molecular weight is 322 g/mol. The van der Waals surface area contributed by atoms with E-state index in [1.165, 1.54) is 0 Å². The number of anilines is 1. The molecule has 1 N–H and O–H groups in total. The fourth-order valence-electron chi connectivity index (χ4n) is 3.64. The lowest BCUT2D eigenvalue weighted by Crippen LogP contribution is -2.45. The van der Waals surface area contributed by atoms with E-state index in [0.29, 0.717) is 19.5 Å². The largest absolute Gasteiger partial charge is 0.326 e. The van der Waals surface area contributed by atoms with E-state index >= 15 is 0 Å². The normalized spacial score (nSPS) is 30.7. The molecular weight excluding hydrogens is 300 g/mol. The molecule has 1 aromatic rings. The lowest BCUT2D eigenvalue weighted by molar-refractivity contribution is -0.121. The van der Waals surface area contributed by atoms with Gasteiger partial charge in [-0.3, -0.25) is 4.79 Å². The first-order chi connectivity index (χ1) is 10.5. The second-order valence-corrected chi connectivity index (χ2v) is 8.51. The Morgan fingerprint density at radius 1 is 1.27 bits per heavy atom. The first-order valence-electron chi connectivity index (χ1n) is 7.81. The van der Waals surface area contributed by atoms with E-state index in [0.717, 1.165) is 12.2 Å². The smallest absolute Gasteiger partial charge is 0.227 e. The molecular formula is C16H22N2O3S. The van der Waals surface area contributed by atoms with E-state index in [1.807, 2.05) is 37.3 Å². The number of carbonyl (C=O) groups is 1. The van der Waals surface area contributed by atoms with Crippen LogP contribution < -0.4 is 5.32 Å². The van der Waals surface area contributed by atoms with Crippen LogP contribution in [0.25, 0.3) is 0 Å². The summed E-state index contributed by atoms with van der Waals surface area (Å²) in [4.78, 5) is 14.7. The molecule has 0 aliphatic carbocycles. The molecule has 0 bridgehead atoms. The van der Waals surface area contributed by atoms with Crippen molar-refractivity contribution in [1.82, 2.24) is 4.90 Å². The molecule has 2 heterocycles. The monoisotopic (exact) mass is 322 g/mol. The third-order valence-electron chi connectivity index (χ3n) is 4.90. The maximum Gasteiger partial charge on any atom is 0.227 e. The number of hydrogen-bond donors (Lipinski definition) is 1. The highest BCUT2D eigenvalue weighted by Gasteiger charge is 2.49. The molecule has 2 saturated heterocycles. The van der Waals surface area contributed by atoms with Gasteiger partial charge in [-0.05, 0) is 25.1 Å². The third-order valence-corrected chi connectivity index (χ3v) is 7.13. The van der Waals surface area contributed by atoms with Gasteiger partial charge in [0.15, 0.2) is 9.84 Å². The van der Waals surface area contributed by atoms with Gasteiger partial charge in [0, 0.05) is 30.6 Å². The molecule has 0 unspecified atom stereocenters. The van der Waals surface area contributed by atoms with Crippen molar-refractivity contribution >= 4 is 21.4 Å². The molecule has 22 heavy (non-hydrogen) atoms. The minimum absolute atomic E-state index is 0.0472. The number of nitrogens with one attached hydrogen (secondary N) is 1. The van der Waals surface area contributed by atoms with E-state index < -0.39 is 9.84 Å². The van der Waals surface area contributed by atoms with Gasteiger partial charge in [-0.2, -0.15) is 0 Å². The van der Waals surface area contributed by atoms with E-state index in [-0.39, 0.29) is 28.7 Å². The zero-order valence-electron chi connectivity index (χ0n) is 12.7. The van der Waals surface area contributed by atoms with Gasteiger partial charge in [-0.25, -0.2) is 8.42 Å². The number of sulfone groups is 1. The van der Waals surface area contributed by atoms with Gasteiger partial charge in [-0.1, -0.05) is 25.1 Å². The number of fused-ring (bicyclic) bond motifs is 1. The predicted molar refractivity (Wildman–Crippen MR) is 86.4 cm³/mol. The summed E-state index contributed by atoms with van der Waals surface area (Å²) in [5.41, 5.74) is 0.767. The molecule has 2 aliphatic heterocycles. The van der Waals surface area contributed by atoms with Crippen LogP contribution in [-0.2, 0) is 14.6 Å². The second-order valence-electron chi connectivity index (χ2n) is 6.17. The van der Waals surface area contributed by atoms with Crippen molar-refractivity contribution < 1.29 is 13.2 Å². The van der Waals surface area contributed by atoms with Gasteiger partial charge in [0.2, 0.25) is 5.91 Å². The Kier molecular flexibility index (Phi) is 4.23. The minimum atomic E-state index is -3.06. The van der Waals surface area contributed by atoms with Gasteiger partial charge in [0.1, 0.15) is 0 Å². The maximum atomic E-state index is 12.6. The molecule has 2 fully saturated rings. The molecule has 1 aromatic carbocycles. The number of rotatable bonds is 3. The molecule has 2 aliphatic rings. The summed E-state index contributed by atoms with van der Waals surface area (Å²) < 4.78 is 24.6. The Bertz CT molecular complexity index is 645. The molecule has 1 amide bonds. The van der Waals surface area contributed by atoms with Crippen LogP contribution in [0.4, 0.5) is 5.69 Å². The summed E-state index contributed by atoms with van der Waals surface area (Å²) in [6.07, 6.45) is 0.430. The maximum absolute atomic E-state index is 12.6. The van der Waals surface area contributed by atoms with E-state index in [4.69, 9.17) is 0 Å². The fraction of sp³-hybridized carbons (Fsp3) is 0.562. The first-order valence-corrected chi connectivity index (χ1v) is 9.52. The lowest BCUT2D eigenvalue weighted by atomic mass is 9.87. The van der Waals surface area contributed by atoms with Gasteiger partial charge in [-0.15, -0.1) is 0 Å². The van der Waals surface area contributed by atoms with Crippen LogP contribution in [0.5, 0.6) is 0 Å². The topological polar surface area (TPSA) is 66.5 Å². The summed E-state index contributed by atoms with van der Waals surface area (Å²) in [6, 6.07) is 9.34. The van der Waals surface area contributed by atoms with Gasteiger partial charge in [0.05, 0.1) is 11.0 Å². The van der Waals surface area contributed by atoms with Crippen LogP contribution in [0.2, 0.25) is 0 Å². The number of nitrogens with zero attached hydrogens (tertiary/aromatic N) is 1. The highest BCUT2D eigenvalue weighted by Crippen LogP contribution is 2.37.